The molecule has 0 saturated heterocycles. The number of halogens is 3. The first-order chi connectivity index (χ1) is 20.0. The number of ether oxygens (including phenoxy) is 1. The van der Waals surface area contributed by atoms with Crippen LogP contribution in [0.1, 0.15) is 41.0 Å². The van der Waals surface area contributed by atoms with Gasteiger partial charge >= 0.3 is 6.18 Å². The van der Waals surface area contributed by atoms with E-state index in [-0.39, 0.29) is 29.1 Å². The van der Waals surface area contributed by atoms with Crippen LogP contribution in [-0.2, 0) is 20.8 Å². The number of methoxy groups -OCH3 is 1. The van der Waals surface area contributed by atoms with Crippen LogP contribution in [0.4, 0.5) is 18.9 Å². The van der Waals surface area contributed by atoms with Crippen molar-refractivity contribution in [2.24, 2.45) is 16.6 Å². The smallest absolute Gasteiger partial charge is 0.389 e. The summed E-state index contributed by atoms with van der Waals surface area (Å²) in [5.74, 6) is -5.15. The molecule has 0 saturated carbocycles. The number of hydrogen-bond donors (Lipinski definition) is 2. The van der Waals surface area contributed by atoms with Gasteiger partial charge in [-0.1, -0.05) is 60.7 Å². The first kappa shape index (κ1) is 30.0. The predicted octanol–water partition coefficient (Wildman–Crippen LogP) is 4.88. The van der Waals surface area contributed by atoms with Crippen LogP contribution in [0.2, 0.25) is 0 Å². The minimum atomic E-state index is -4.60. The normalized spacial score (nSPS) is 16.2. The summed E-state index contributed by atoms with van der Waals surface area (Å²) in [6, 6.07) is 19.6. The number of primary amides is 1. The standard InChI is InChI=1S/C31H27F3N4O4/c1-36-20-15-23-22(25(16-20)42-2)17-24(39)29(37-27(23)19-11-7-4-8-12-19)38-30(41)21(13-14-31(32,33)34)26(28(35)40)18-9-5-3-6-10-18/h3-12,15-16,21,26,29H,13-14,17H2,2H3,(H2,35,40)(H,38,41)/t21-,26+,29-/m1/s1. The van der Waals surface area contributed by atoms with Crippen molar-refractivity contribution in [3.05, 3.63) is 106 Å². The Kier molecular flexibility index (Phi) is 9.06. The molecule has 1 aliphatic heterocycles. The zero-order valence-electron chi connectivity index (χ0n) is 22.5. The number of rotatable bonds is 9. The van der Waals surface area contributed by atoms with Gasteiger partial charge in [-0.25, -0.2) is 4.85 Å². The van der Waals surface area contributed by atoms with Crippen molar-refractivity contribution in [3.8, 4) is 5.75 Å². The lowest BCUT2D eigenvalue weighted by molar-refractivity contribution is -0.144. The summed E-state index contributed by atoms with van der Waals surface area (Å²) in [5.41, 5.74) is 7.88. The number of nitrogens with two attached hydrogens (primary N) is 1. The molecule has 3 atom stereocenters. The topological polar surface area (TPSA) is 115 Å². The van der Waals surface area contributed by atoms with E-state index in [0.29, 0.717) is 16.7 Å². The molecule has 0 aromatic heterocycles. The number of alkyl halides is 3. The molecule has 3 aromatic rings. The third-order valence-electron chi connectivity index (χ3n) is 6.98. The van der Waals surface area contributed by atoms with Crippen molar-refractivity contribution in [2.75, 3.05) is 7.11 Å². The summed E-state index contributed by atoms with van der Waals surface area (Å²) in [7, 11) is 1.40. The van der Waals surface area contributed by atoms with E-state index in [1.165, 1.54) is 25.3 Å². The van der Waals surface area contributed by atoms with Gasteiger partial charge in [0.2, 0.25) is 11.8 Å². The zero-order valence-corrected chi connectivity index (χ0v) is 22.5. The number of carbonyl (C=O) groups is 3. The highest BCUT2D eigenvalue weighted by Crippen LogP contribution is 2.35. The third kappa shape index (κ3) is 6.83. The molecule has 11 heteroatoms. The van der Waals surface area contributed by atoms with Crippen molar-refractivity contribution >= 4 is 29.0 Å². The van der Waals surface area contributed by atoms with Crippen molar-refractivity contribution in [1.82, 2.24) is 5.32 Å². The highest BCUT2D eigenvalue weighted by molar-refractivity contribution is 6.17. The van der Waals surface area contributed by atoms with Crippen molar-refractivity contribution in [2.45, 2.75) is 37.5 Å². The Morgan fingerprint density at radius 1 is 1.12 bits per heavy atom. The number of carbonyl (C=O) groups excluding carboxylic acids is 3. The number of aliphatic imine (C=N–C) groups is 1. The molecule has 0 unspecified atom stereocenters. The number of ketones is 1. The van der Waals surface area contributed by atoms with Gasteiger partial charge in [0.15, 0.2) is 17.6 Å². The lowest BCUT2D eigenvalue weighted by Crippen LogP contribution is -2.46. The Bertz CT molecular complexity index is 1550. The van der Waals surface area contributed by atoms with E-state index >= 15 is 0 Å². The number of hydrogen-bond acceptors (Lipinski definition) is 5. The van der Waals surface area contributed by atoms with Crippen LogP contribution in [0, 0.1) is 12.5 Å². The molecular formula is C31H27F3N4O4. The van der Waals surface area contributed by atoms with Gasteiger partial charge in [0.25, 0.3) is 0 Å². The maximum atomic E-state index is 13.7. The average Bonchev–Trinajstić information content (AvgIpc) is 3.10. The van der Waals surface area contributed by atoms with Gasteiger partial charge in [0, 0.05) is 24.0 Å². The van der Waals surface area contributed by atoms with E-state index in [1.54, 1.807) is 54.6 Å². The van der Waals surface area contributed by atoms with Crippen LogP contribution in [0.25, 0.3) is 4.85 Å². The van der Waals surface area contributed by atoms with Gasteiger partial charge in [-0.3, -0.25) is 19.4 Å². The predicted molar refractivity (Wildman–Crippen MR) is 149 cm³/mol. The highest BCUT2D eigenvalue weighted by Gasteiger charge is 2.39. The number of benzene rings is 3. The molecular weight excluding hydrogens is 549 g/mol. The zero-order chi connectivity index (χ0) is 30.4. The largest absolute Gasteiger partial charge is 0.498 e. The van der Waals surface area contributed by atoms with Crippen LogP contribution >= 0.6 is 0 Å². The summed E-state index contributed by atoms with van der Waals surface area (Å²) in [6.07, 6.45) is -8.43. The summed E-state index contributed by atoms with van der Waals surface area (Å²) >= 11 is 0. The number of amides is 2. The average molecular weight is 577 g/mol. The second-order valence-corrected chi connectivity index (χ2v) is 9.73. The van der Waals surface area contributed by atoms with Gasteiger partial charge in [-0.05, 0) is 29.7 Å². The van der Waals surface area contributed by atoms with Gasteiger partial charge in [0.05, 0.1) is 31.2 Å². The molecule has 216 valence electrons. The van der Waals surface area contributed by atoms with Gasteiger partial charge in [0.1, 0.15) is 5.75 Å². The summed E-state index contributed by atoms with van der Waals surface area (Å²) in [6.45, 7) is 7.49. The van der Waals surface area contributed by atoms with E-state index in [0.717, 1.165) is 0 Å². The van der Waals surface area contributed by atoms with Gasteiger partial charge in [-0.15, -0.1) is 0 Å². The summed E-state index contributed by atoms with van der Waals surface area (Å²) in [4.78, 5) is 47.8. The first-order valence-electron chi connectivity index (χ1n) is 13.0. The molecule has 2 amide bonds. The fourth-order valence-corrected chi connectivity index (χ4v) is 5.02. The molecule has 0 spiro atoms. The second-order valence-electron chi connectivity index (χ2n) is 9.73. The Balaban J connectivity index is 1.79. The van der Waals surface area contributed by atoms with Crippen LogP contribution in [0.15, 0.2) is 77.8 Å². The lowest BCUT2D eigenvalue weighted by Gasteiger charge is -2.26. The van der Waals surface area contributed by atoms with Crippen LogP contribution < -0.4 is 15.8 Å². The molecule has 0 aliphatic carbocycles. The molecule has 42 heavy (non-hydrogen) atoms. The van der Waals surface area contributed by atoms with Crippen LogP contribution in [-0.4, -0.2) is 42.8 Å². The summed E-state index contributed by atoms with van der Waals surface area (Å²) < 4.78 is 45.3. The minimum Gasteiger partial charge on any atom is -0.498 e. The fourth-order valence-electron chi connectivity index (χ4n) is 5.02. The van der Waals surface area contributed by atoms with E-state index in [1.807, 2.05) is 0 Å². The van der Waals surface area contributed by atoms with Crippen LogP contribution in [0.5, 0.6) is 5.75 Å². The first-order valence-corrected chi connectivity index (χ1v) is 13.0. The molecule has 8 nitrogen and oxygen atoms in total. The van der Waals surface area contributed by atoms with Gasteiger partial charge in [-0.2, -0.15) is 13.2 Å². The Hall–Kier alpha value is -4.98. The maximum absolute atomic E-state index is 13.7. The van der Waals surface area contributed by atoms with Gasteiger partial charge < -0.3 is 15.8 Å². The summed E-state index contributed by atoms with van der Waals surface area (Å²) in [5, 5.41) is 2.50. The maximum Gasteiger partial charge on any atom is 0.389 e. The Morgan fingerprint density at radius 2 is 1.76 bits per heavy atom. The molecule has 1 aliphatic rings. The molecule has 0 bridgehead atoms. The number of nitrogens with zero attached hydrogens (tertiary/aromatic N) is 2. The monoisotopic (exact) mass is 576 g/mol. The van der Waals surface area contributed by atoms with E-state index < -0.39 is 54.6 Å². The highest BCUT2D eigenvalue weighted by atomic mass is 19.4. The number of Topliss-reactive ketones (excluding diaryl/α,β-unsaturated/α-hetero) is 1. The number of nitrogens with one attached hydrogen (secondary N) is 1. The Labute approximate surface area is 240 Å². The van der Waals surface area contributed by atoms with Crippen molar-refractivity contribution in [1.29, 1.82) is 0 Å². The van der Waals surface area contributed by atoms with Crippen molar-refractivity contribution < 1.29 is 32.3 Å². The quantitative estimate of drug-likeness (QED) is 0.354. The van der Waals surface area contributed by atoms with Crippen molar-refractivity contribution in [3.63, 3.8) is 0 Å². The number of fused-ring (bicyclic) bond motifs is 1. The fraction of sp³-hybridized carbons (Fsp3) is 0.258. The molecule has 0 fully saturated rings. The van der Waals surface area contributed by atoms with E-state index in [4.69, 9.17) is 17.0 Å². The lowest BCUT2D eigenvalue weighted by atomic mass is 9.81. The van der Waals surface area contributed by atoms with Crippen LogP contribution in [0.3, 0.4) is 0 Å². The molecule has 0 radical (unpaired) electrons. The van der Waals surface area contributed by atoms with E-state index in [9.17, 15) is 27.6 Å². The molecule has 3 aromatic carbocycles. The van der Waals surface area contributed by atoms with E-state index in [2.05, 4.69) is 15.2 Å². The molecule has 4 rings (SSSR count). The minimum absolute atomic E-state index is 0.239. The molecule has 3 N–H and O–H groups in total. The Morgan fingerprint density at radius 3 is 2.33 bits per heavy atom. The second kappa shape index (κ2) is 12.7. The SMILES string of the molecule is [C-]#[N+]c1cc(OC)c2c(c1)C(c1ccccc1)=N[C@H](NC(=O)[C@H](CCC(F)(F)F)[C@@H](C(N)=O)c1ccccc1)C(=O)C2. The molecule has 1 heterocycles. The third-order valence-corrected chi connectivity index (χ3v) is 6.98.